The Morgan fingerprint density at radius 1 is 1.50 bits per heavy atom. The zero-order chi connectivity index (χ0) is 10.6. The van der Waals surface area contributed by atoms with Crippen LogP contribution in [0.2, 0.25) is 0 Å². The monoisotopic (exact) mass is 196 g/mol. The Morgan fingerprint density at radius 3 is 2.64 bits per heavy atom. The van der Waals surface area contributed by atoms with Crippen LogP contribution in [0.1, 0.15) is 33.1 Å². The maximum absolute atomic E-state index is 6.07. The number of nitrogens with two attached hydrogens (primary N) is 1. The summed E-state index contributed by atoms with van der Waals surface area (Å²) in [7, 11) is 0. The fourth-order valence-electron chi connectivity index (χ4n) is 2.26. The van der Waals surface area contributed by atoms with E-state index in [2.05, 4.69) is 25.3 Å². The summed E-state index contributed by atoms with van der Waals surface area (Å²) >= 11 is 0. The lowest BCUT2D eigenvalue weighted by Gasteiger charge is -2.29. The minimum absolute atomic E-state index is 0.432. The maximum atomic E-state index is 6.07. The molecule has 1 aliphatic carbocycles. The molecule has 1 rings (SSSR count). The molecule has 0 saturated heterocycles. The first-order chi connectivity index (χ1) is 6.65. The molecule has 2 atom stereocenters. The third-order valence-corrected chi connectivity index (χ3v) is 3.28. The van der Waals surface area contributed by atoms with Crippen LogP contribution >= 0.6 is 0 Å². The zero-order valence-electron chi connectivity index (χ0n) is 9.58. The van der Waals surface area contributed by atoms with Crippen LogP contribution < -0.4 is 5.73 Å². The van der Waals surface area contributed by atoms with E-state index in [0.717, 1.165) is 13.1 Å². The van der Waals surface area contributed by atoms with Crippen LogP contribution in [0.15, 0.2) is 12.7 Å². The Bertz CT molecular complexity index is 177. The third-order valence-electron chi connectivity index (χ3n) is 3.28. The average molecular weight is 196 g/mol. The van der Waals surface area contributed by atoms with Crippen LogP contribution in [0.3, 0.4) is 0 Å². The second kappa shape index (κ2) is 5.52. The molecule has 1 fully saturated rings. The molecular weight excluding hydrogens is 172 g/mol. The van der Waals surface area contributed by atoms with E-state index in [-0.39, 0.29) is 0 Å². The largest absolute Gasteiger partial charge is 0.327 e. The normalized spacial score (nSPS) is 27.5. The molecule has 82 valence electrons. The Kier molecular flexibility index (Phi) is 4.63. The summed E-state index contributed by atoms with van der Waals surface area (Å²) in [5, 5.41) is 0. The predicted octanol–water partition coefficient (Wildman–Crippen LogP) is 2.01. The van der Waals surface area contributed by atoms with E-state index < -0.39 is 0 Å². The lowest BCUT2D eigenvalue weighted by atomic mass is 10.0. The molecule has 0 aromatic rings. The highest BCUT2D eigenvalue weighted by Gasteiger charge is 2.26. The summed E-state index contributed by atoms with van der Waals surface area (Å²) in [6.07, 6.45) is 5.82. The maximum Gasteiger partial charge on any atom is 0.0163 e. The van der Waals surface area contributed by atoms with Crippen LogP contribution in [0.5, 0.6) is 0 Å². The van der Waals surface area contributed by atoms with Gasteiger partial charge in [0, 0.05) is 25.2 Å². The smallest absolute Gasteiger partial charge is 0.0163 e. The van der Waals surface area contributed by atoms with E-state index in [9.17, 15) is 0 Å². The van der Waals surface area contributed by atoms with Crippen LogP contribution in [0.4, 0.5) is 0 Å². The highest BCUT2D eigenvalue weighted by molar-refractivity contribution is 4.85. The summed E-state index contributed by atoms with van der Waals surface area (Å²) < 4.78 is 0. The van der Waals surface area contributed by atoms with Gasteiger partial charge in [-0.2, -0.15) is 0 Å². The van der Waals surface area contributed by atoms with Crippen molar-refractivity contribution in [1.82, 2.24) is 4.90 Å². The van der Waals surface area contributed by atoms with Gasteiger partial charge in [-0.3, -0.25) is 4.90 Å². The van der Waals surface area contributed by atoms with Gasteiger partial charge >= 0.3 is 0 Å². The van der Waals surface area contributed by atoms with Crippen LogP contribution in [-0.4, -0.2) is 30.1 Å². The van der Waals surface area contributed by atoms with E-state index in [4.69, 9.17) is 5.73 Å². The van der Waals surface area contributed by atoms with Gasteiger partial charge in [-0.1, -0.05) is 12.5 Å². The van der Waals surface area contributed by atoms with Crippen molar-refractivity contribution in [3.05, 3.63) is 12.7 Å². The molecule has 2 nitrogen and oxygen atoms in total. The summed E-state index contributed by atoms with van der Waals surface area (Å²) in [4.78, 5) is 2.46. The van der Waals surface area contributed by atoms with Crippen molar-refractivity contribution in [2.45, 2.75) is 45.2 Å². The molecule has 1 aliphatic rings. The average Bonchev–Trinajstić information content (AvgIpc) is 2.51. The third kappa shape index (κ3) is 3.10. The number of nitrogens with zero attached hydrogens (tertiary/aromatic N) is 1. The van der Waals surface area contributed by atoms with Crippen molar-refractivity contribution in [1.29, 1.82) is 0 Å². The second-order valence-corrected chi connectivity index (χ2v) is 4.69. The predicted molar refractivity (Wildman–Crippen MR) is 62.2 cm³/mol. The highest BCUT2D eigenvalue weighted by Crippen LogP contribution is 2.25. The fourth-order valence-corrected chi connectivity index (χ4v) is 2.26. The van der Waals surface area contributed by atoms with E-state index in [1.54, 1.807) is 0 Å². The lowest BCUT2D eigenvalue weighted by molar-refractivity contribution is 0.201. The second-order valence-electron chi connectivity index (χ2n) is 4.69. The number of hydrogen-bond donors (Lipinski definition) is 1. The standard InChI is InChI=1S/C12H24N2/c1-4-8-14(10(2)3)9-11-6-5-7-12(11)13/h4,10-12H,1,5-9,13H2,2-3H3. The first-order valence-corrected chi connectivity index (χ1v) is 5.75. The minimum Gasteiger partial charge on any atom is -0.327 e. The SMILES string of the molecule is C=CCN(CC1CCCC1N)C(C)C. The molecule has 2 heteroatoms. The van der Waals surface area contributed by atoms with Crippen LogP contribution in [0.25, 0.3) is 0 Å². The van der Waals surface area contributed by atoms with Gasteiger partial charge in [0.2, 0.25) is 0 Å². The van der Waals surface area contributed by atoms with E-state index in [1.165, 1.54) is 19.3 Å². The van der Waals surface area contributed by atoms with Gasteiger partial charge in [0.05, 0.1) is 0 Å². The van der Waals surface area contributed by atoms with Gasteiger partial charge in [0.15, 0.2) is 0 Å². The van der Waals surface area contributed by atoms with E-state index in [0.29, 0.717) is 18.0 Å². The molecule has 0 spiro atoms. The Balaban J connectivity index is 2.41. The van der Waals surface area contributed by atoms with Crippen molar-refractivity contribution in [2.24, 2.45) is 11.7 Å². The van der Waals surface area contributed by atoms with Gasteiger partial charge in [-0.05, 0) is 32.6 Å². The topological polar surface area (TPSA) is 29.3 Å². The number of rotatable bonds is 5. The summed E-state index contributed by atoms with van der Waals surface area (Å²) in [6.45, 7) is 10.4. The Morgan fingerprint density at radius 2 is 2.21 bits per heavy atom. The van der Waals surface area contributed by atoms with Crippen molar-refractivity contribution >= 4 is 0 Å². The molecule has 14 heavy (non-hydrogen) atoms. The molecule has 1 saturated carbocycles. The minimum atomic E-state index is 0.432. The van der Waals surface area contributed by atoms with Gasteiger partial charge in [-0.25, -0.2) is 0 Å². The molecule has 0 bridgehead atoms. The van der Waals surface area contributed by atoms with Gasteiger partial charge < -0.3 is 5.73 Å². The lowest BCUT2D eigenvalue weighted by Crippen LogP contribution is -2.39. The first-order valence-electron chi connectivity index (χ1n) is 5.75. The molecule has 0 amide bonds. The van der Waals surface area contributed by atoms with Crippen LogP contribution in [0, 0.1) is 5.92 Å². The molecule has 2 N–H and O–H groups in total. The van der Waals surface area contributed by atoms with Crippen LogP contribution in [-0.2, 0) is 0 Å². The summed E-state index contributed by atoms with van der Waals surface area (Å²) in [5.74, 6) is 0.706. The number of hydrogen-bond acceptors (Lipinski definition) is 2. The molecule has 0 aliphatic heterocycles. The van der Waals surface area contributed by atoms with Gasteiger partial charge in [-0.15, -0.1) is 6.58 Å². The van der Waals surface area contributed by atoms with Crippen molar-refractivity contribution in [3.63, 3.8) is 0 Å². The van der Waals surface area contributed by atoms with E-state index >= 15 is 0 Å². The quantitative estimate of drug-likeness (QED) is 0.682. The van der Waals surface area contributed by atoms with Crippen molar-refractivity contribution < 1.29 is 0 Å². The fraction of sp³-hybridized carbons (Fsp3) is 0.833. The van der Waals surface area contributed by atoms with Crippen molar-refractivity contribution in [2.75, 3.05) is 13.1 Å². The molecule has 0 aromatic heterocycles. The van der Waals surface area contributed by atoms with Gasteiger partial charge in [0.1, 0.15) is 0 Å². The molecular formula is C12H24N2. The molecule has 0 radical (unpaired) electrons. The summed E-state index contributed by atoms with van der Waals surface area (Å²) in [5.41, 5.74) is 6.07. The Labute approximate surface area is 88.2 Å². The first kappa shape index (κ1) is 11.7. The van der Waals surface area contributed by atoms with Gasteiger partial charge in [0.25, 0.3) is 0 Å². The Hall–Kier alpha value is -0.340. The molecule has 0 heterocycles. The molecule has 0 aromatic carbocycles. The summed E-state index contributed by atoms with van der Waals surface area (Å²) in [6, 6.07) is 1.03. The molecule has 2 unspecified atom stereocenters. The zero-order valence-corrected chi connectivity index (χ0v) is 9.58. The van der Waals surface area contributed by atoms with Crippen molar-refractivity contribution in [3.8, 4) is 0 Å². The highest BCUT2D eigenvalue weighted by atomic mass is 15.1. The van der Waals surface area contributed by atoms with E-state index in [1.807, 2.05) is 6.08 Å².